The Bertz CT molecular complexity index is 725. The Balaban J connectivity index is 1.48. The van der Waals surface area contributed by atoms with Gasteiger partial charge in [0.25, 0.3) is 0 Å². The summed E-state index contributed by atoms with van der Waals surface area (Å²) in [4.78, 5) is 14.9. The van der Waals surface area contributed by atoms with E-state index in [4.69, 9.17) is 16.3 Å². The zero-order chi connectivity index (χ0) is 18.4. The van der Waals surface area contributed by atoms with Gasteiger partial charge in [-0.1, -0.05) is 29.8 Å². The monoisotopic (exact) mass is 372 g/mol. The van der Waals surface area contributed by atoms with E-state index in [0.717, 1.165) is 54.5 Å². The molecule has 4 nitrogen and oxygen atoms in total. The second-order valence-corrected chi connectivity index (χ2v) is 7.00. The fraction of sp³-hybridized carbons (Fsp3) is 0.381. The van der Waals surface area contributed by atoms with Crippen molar-refractivity contribution in [3.05, 3.63) is 59.1 Å². The van der Waals surface area contributed by atoms with Crippen LogP contribution in [0.3, 0.4) is 0 Å². The van der Waals surface area contributed by atoms with Crippen molar-refractivity contribution in [2.75, 3.05) is 25.0 Å². The van der Waals surface area contributed by atoms with Gasteiger partial charge in [0.15, 0.2) is 0 Å². The van der Waals surface area contributed by atoms with Gasteiger partial charge in [0, 0.05) is 23.2 Å². The number of carbonyl (C=O) groups excluding carboxylic acids is 1. The highest BCUT2D eigenvalue weighted by Crippen LogP contribution is 2.24. The van der Waals surface area contributed by atoms with Crippen molar-refractivity contribution in [2.45, 2.75) is 26.3 Å². The number of amides is 1. The number of nitrogens with one attached hydrogen (secondary N) is 1. The largest absolute Gasteiger partial charge is 0.494 e. The van der Waals surface area contributed by atoms with Crippen LogP contribution in [0, 0.1) is 5.92 Å². The summed E-state index contributed by atoms with van der Waals surface area (Å²) in [5, 5.41) is 3.83. The minimum Gasteiger partial charge on any atom is -0.494 e. The number of halogens is 1. The van der Waals surface area contributed by atoms with Gasteiger partial charge in [-0.3, -0.25) is 9.69 Å². The summed E-state index contributed by atoms with van der Waals surface area (Å²) < 4.78 is 5.42. The number of hydrogen-bond donors (Lipinski definition) is 1. The number of piperidine rings is 1. The molecule has 138 valence electrons. The zero-order valence-corrected chi connectivity index (χ0v) is 15.8. The van der Waals surface area contributed by atoms with E-state index < -0.39 is 0 Å². The summed E-state index contributed by atoms with van der Waals surface area (Å²) in [5.74, 6) is 0.981. The molecule has 0 radical (unpaired) electrons. The van der Waals surface area contributed by atoms with E-state index in [2.05, 4.69) is 16.3 Å². The average Bonchev–Trinajstić information content (AvgIpc) is 2.66. The molecule has 1 aliphatic rings. The van der Waals surface area contributed by atoms with Crippen molar-refractivity contribution < 1.29 is 9.53 Å². The van der Waals surface area contributed by atoms with Crippen LogP contribution in [0.1, 0.15) is 25.3 Å². The second kappa shape index (κ2) is 9.06. The predicted molar refractivity (Wildman–Crippen MR) is 106 cm³/mol. The van der Waals surface area contributed by atoms with Crippen LogP contribution in [0.15, 0.2) is 48.5 Å². The molecule has 5 heteroatoms. The lowest BCUT2D eigenvalue weighted by molar-refractivity contribution is -0.121. The zero-order valence-electron chi connectivity index (χ0n) is 15.1. The third-order valence-electron chi connectivity index (χ3n) is 4.74. The van der Waals surface area contributed by atoms with Gasteiger partial charge in [-0.05, 0) is 68.8 Å². The summed E-state index contributed by atoms with van der Waals surface area (Å²) in [5.41, 5.74) is 1.96. The highest BCUT2D eigenvalue weighted by atomic mass is 35.5. The van der Waals surface area contributed by atoms with E-state index in [0.29, 0.717) is 6.61 Å². The van der Waals surface area contributed by atoms with E-state index in [9.17, 15) is 4.79 Å². The first-order valence-electron chi connectivity index (χ1n) is 9.15. The van der Waals surface area contributed by atoms with Gasteiger partial charge in [-0.25, -0.2) is 0 Å². The summed E-state index contributed by atoms with van der Waals surface area (Å²) in [7, 11) is 0. The van der Waals surface area contributed by atoms with Gasteiger partial charge in [0.2, 0.25) is 5.91 Å². The Morgan fingerprint density at radius 3 is 2.50 bits per heavy atom. The molecule has 26 heavy (non-hydrogen) atoms. The topological polar surface area (TPSA) is 41.6 Å². The Hall–Kier alpha value is -2.04. The van der Waals surface area contributed by atoms with Gasteiger partial charge in [-0.2, -0.15) is 0 Å². The maximum atomic E-state index is 12.5. The molecule has 1 heterocycles. The molecule has 1 N–H and O–H groups in total. The van der Waals surface area contributed by atoms with Crippen LogP contribution < -0.4 is 10.1 Å². The molecule has 0 aromatic heterocycles. The average molecular weight is 373 g/mol. The molecule has 0 unspecified atom stereocenters. The Labute approximate surface area is 160 Å². The van der Waals surface area contributed by atoms with Gasteiger partial charge < -0.3 is 10.1 Å². The highest BCUT2D eigenvalue weighted by molar-refractivity contribution is 6.31. The second-order valence-electron chi connectivity index (χ2n) is 6.59. The maximum Gasteiger partial charge on any atom is 0.227 e. The number of hydrogen-bond acceptors (Lipinski definition) is 3. The van der Waals surface area contributed by atoms with Crippen molar-refractivity contribution in [1.82, 2.24) is 4.90 Å². The third-order valence-corrected chi connectivity index (χ3v) is 5.11. The van der Waals surface area contributed by atoms with Crippen LogP contribution in [0.25, 0.3) is 0 Å². The van der Waals surface area contributed by atoms with E-state index in [1.807, 2.05) is 49.4 Å². The lowest BCUT2D eigenvalue weighted by Gasteiger charge is -2.31. The first-order valence-corrected chi connectivity index (χ1v) is 9.53. The van der Waals surface area contributed by atoms with E-state index in [-0.39, 0.29) is 11.8 Å². The van der Waals surface area contributed by atoms with Crippen LogP contribution in [-0.4, -0.2) is 30.5 Å². The highest BCUT2D eigenvalue weighted by Gasteiger charge is 2.25. The van der Waals surface area contributed by atoms with Gasteiger partial charge in [0.05, 0.1) is 6.61 Å². The molecule has 2 aromatic carbocycles. The molecule has 1 fully saturated rings. The van der Waals surface area contributed by atoms with Crippen LogP contribution in [0.4, 0.5) is 5.69 Å². The van der Waals surface area contributed by atoms with E-state index in [1.54, 1.807) is 0 Å². The standard InChI is InChI=1S/C21H25ClN2O2/c1-2-26-19-9-7-18(8-10-19)23-21(25)16-11-13-24(14-12-16)15-17-5-3-4-6-20(17)22/h3-10,16H,2,11-15H2,1H3,(H,23,25). The fourth-order valence-corrected chi connectivity index (χ4v) is 3.46. The number of carbonyl (C=O) groups is 1. The van der Waals surface area contributed by atoms with Crippen molar-refractivity contribution in [2.24, 2.45) is 5.92 Å². The van der Waals surface area contributed by atoms with Crippen LogP contribution >= 0.6 is 11.6 Å². The molecule has 3 rings (SSSR count). The summed E-state index contributed by atoms with van der Waals surface area (Å²) in [6.07, 6.45) is 1.74. The van der Waals surface area contributed by atoms with Crippen LogP contribution in [0.5, 0.6) is 5.75 Å². The predicted octanol–water partition coefficient (Wildman–Crippen LogP) is 4.59. The van der Waals surface area contributed by atoms with Crippen LogP contribution in [-0.2, 0) is 11.3 Å². The number of nitrogens with zero attached hydrogens (tertiary/aromatic N) is 1. The molecular weight excluding hydrogens is 348 g/mol. The smallest absolute Gasteiger partial charge is 0.227 e. The van der Waals surface area contributed by atoms with Gasteiger partial charge in [0.1, 0.15) is 5.75 Å². The van der Waals surface area contributed by atoms with E-state index in [1.165, 1.54) is 0 Å². The van der Waals surface area contributed by atoms with Crippen LogP contribution in [0.2, 0.25) is 5.02 Å². The van der Waals surface area contributed by atoms with Crippen molar-refractivity contribution in [1.29, 1.82) is 0 Å². The van der Waals surface area contributed by atoms with Crippen molar-refractivity contribution in [3.63, 3.8) is 0 Å². The van der Waals surface area contributed by atoms with E-state index >= 15 is 0 Å². The Morgan fingerprint density at radius 2 is 1.85 bits per heavy atom. The van der Waals surface area contributed by atoms with Crippen molar-refractivity contribution in [3.8, 4) is 5.75 Å². The number of rotatable bonds is 6. The molecular formula is C21H25ClN2O2. The molecule has 0 saturated carbocycles. The normalized spacial score (nSPS) is 15.6. The Morgan fingerprint density at radius 1 is 1.15 bits per heavy atom. The molecule has 0 atom stereocenters. The summed E-state index contributed by atoms with van der Waals surface area (Å²) in [6.45, 7) is 5.25. The lowest BCUT2D eigenvalue weighted by Crippen LogP contribution is -2.37. The number of benzene rings is 2. The Kier molecular flexibility index (Phi) is 6.53. The minimum atomic E-state index is 0.0593. The van der Waals surface area contributed by atoms with Crippen molar-refractivity contribution >= 4 is 23.2 Å². The first kappa shape index (κ1) is 18.7. The maximum absolute atomic E-state index is 12.5. The summed E-state index contributed by atoms with van der Waals surface area (Å²) in [6, 6.07) is 15.5. The molecule has 2 aromatic rings. The third kappa shape index (κ3) is 4.99. The number of likely N-dealkylation sites (tertiary alicyclic amines) is 1. The molecule has 0 bridgehead atoms. The quantitative estimate of drug-likeness (QED) is 0.806. The molecule has 1 amide bonds. The molecule has 0 spiro atoms. The SMILES string of the molecule is CCOc1ccc(NC(=O)C2CCN(Cc3ccccc3Cl)CC2)cc1. The number of anilines is 1. The van der Waals surface area contributed by atoms with Gasteiger partial charge >= 0.3 is 0 Å². The number of ether oxygens (including phenoxy) is 1. The lowest BCUT2D eigenvalue weighted by atomic mass is 9.95. The summed E-state index contributed by atoms with van der Waals surface area (Å²) >= 11 is 6.24. The molecule has 0 aliphatic carbocycles. The fourth-order valence-electron chi connectivity index (χ4n) is 3.27. The minimum absolute atomic E-state index is 0.0593. The molecule has 1 aliphatic heterocycles. The molecule has 1 saturated heterocycles. The van der Waals surface area contributed by atoms with Gasteiger partial charge in [-0.15, -0.1) is 0 Å². The first-order chi connectivity index (χ1) is 12.7.